The SMILES string of the molecule is C1=NCc2ncc(-c3nccnc3N3CCCC3)cc21. The second-order valence-corrected chi connectivity index (χ2v) is 5.15. The predicted octanol–water partition coefficient (Wildman–Crippen LogP) is 2.07. The second kappa shape index (κ2) is 4.67. The average Bonchev–Trinajstić information content (AvgIpc) is 3.18. The summed E-state index contributed by atoms with van der Waals surface area (Å²) < 4.78 is 0. The minimum absolute atomic E-state index is 0.690. The summed E-state index contributed by atoms with van der Waals surface area (Å²) >= 11 is 0. The molecule has 0 bridgehead atoms. The number of anilines is 1. The van der Waals surface area contributed by atoms with Crippen molar-refractivity contribution in [2.75, 3.05) is 18.0 Å². The van der Waals surface area contributed by atoms with Crippen LogP contribution in [0.15, 0.2) is 29.6 Å². The van der Waals surface area contributed by atoms with Crippen LogP contribution >= 0.6 is 0 Å². The molecule has 0 aromatic carbocycles. The maximum absolute atomic E-state index is 4.53. The molecule has 0 radical (unpaired) electrons. The van der Waals surface area contributed by atoms with Crippen LogP contribution < -0.4 is 4.90 Å². The van der Waals surface area contributed by atoms with Crippen molar-refractivity contribution in [1.82, 2.24) is 15.0 Å². The van der Waals surface area contributed by atoms with Crippen molar-refractivity contribution in [2.24, 2.45) is 4.99 Å². The van der Waals surface area contributed by atoms with Crippen LogP contribution in [0.25, 0.3) is 11.3 Å². The zero-order chi connectivity index (χ0) is 13.4. The van der Waals surface area contributed by atoms with Crippen molar-refractivity contribution in [1.29, 1.82) is 0 Å². The van der Waals surface area contributed by atoms with E-state index in [1.165, 1.54) is 12.8 Å². The highest BCUT2D eigenvalue weighted by molar-refractivity contribution is 5.86. The van der Waals surface area contributed by atoms with Gasteiger partial charge in [0.1, 0.15) is 5.69 Å². The summed E-state index contributed by atoms with van der Waals surface area (Å²) in [6, 6.07) is 2.11. The first-order chi connectivity index (χ1) is 9.92. The van der Waals surface area contributed by atoms with Gasteiger partial charge < -0.3 is 4.90 Å². The molecule has 2 aliphatic rings. The minimum atomic E-state index is 0.690. The fourth-order valence-electron chi connectivity index (χ4n) is 2.81. The molecular weight excluding hydrogens is 250 g/mol. The van der Waals surface area contributed by atoms with Gasteiger partial charge in [0.05, 0.1) is 12.2 Å². The number of aromatic nitrogens is 3. The van der Waals surface area contributed by atoms with Crippen molar-refractivity contribution in [3.05, 3.63) is 35.9 Å². The molecule has 5 nitrogen and oxygen atoms in total. The van der Waals surface area contributed by atoms with Gasteiger partial charge >= 0.3 is 0 Å². The summed E-state index contributed by atoms with van der Waals surface area (Å²) in [4.78, 5) is 20.1. The maximum atomic E-state index is 4.53. The van der Waals surface area contributed by atoms with Crippen molar-refractivity contribution in [3.8, 4) is 11.3 Å². The topological polar surface area (TPSA) is 54.3 Å². The van der Waals surface area contributed by atoms with E-state index in [2.05, 4.69) is 30.9 Å². The first-order valence-electron chi connectivity index (χ1n) is 6.97. The van der Waals surface area contributed by atoms with Gasteiger partial charge in [-0.3, -0.25) is 15.0 Å². The quantitative estimate of drug-likeness (QED) is 0.834. The number of nitrogens with zero attached hydrogens (tertiary/aromatic N) is 5. The van der Waals surface area contributed by atoms with E-state index in [0.29, 0.717) is 6.54 Å². The molecule has 2 aromatic rings. The molecule has 100 valence electrons. The van der Waals surface area contributed by atoms with Crippen LogP contribution in [0.1, 0.15) is 24.1 Å². The highest BCUT2D eigenvalue weighted by atomic mass is 15.2. The predicted molar refractivity (Wildman–Crippen MR) is 78.0 cm³/mol. The number of aliphatic imine (C=N–C) groups is 1. The van der Waals surface area contributed by atoms with Gasteiger partial charge in [0, 0.05) is 49.0 Å². The molecule has 4 rings (SSSR count). The van der Waals surface area contributed by atoms with Crippen molar-refractivity contribution >= 4 is 12.0 Å². The highest BCUT2D eigenvalue weighted by Gasteiger charge is 2.19. The van der Waals surface area contributed by atoms with Gasteiger partial charge in [-0.25, -0.2) is 4.98 Å². The highest BCUT2D eigenvalue weighted by Crippen LogP contribution is 2.29. The molecule has 2 aliphatic heterocycles. The average molecular weight is 265 g/mol. The molecule has 0 aliphatic carbocycles. The summed E-state index contributed by atoms with van der Waals surface area (Å²) in [5, 5.41) is 0. The van der Waals surface area contributed by atoms with E-state index in [-0.39, 0.29) is 0 Å². The Hall–Kier alpha value is -2.30. The molecular formula is C15H15N5. The fourth-order valence-corrected chi connectivity index (χ4v) is 2.81. The van der Waals surface area contributed by atoms with Crippen molar-refractivity contribution in [2.45, 2.75) is 19.4 Å². The Morgan fingerprint density at radius 3 is 2.75 bits per heavy atom. The van der Waals surface area contributed by atoms with E-state index < -0.39 is 0 Å². The second-order valence-electron chi connectivity index (χ2n) is 5.15. The summed E-state index contributed by atoms with van der Waals surface area (Å²) in [5.41, 5.74) is 4.08. The fraction of sp³-hybridized carbons (Fsp3) is 0.333. The summed E-state index contributed by atoms with van der Waals surface area (Å²) in [6.45, 7) is 2.81. The van der Waals surface area contributed by atoms with E-state index in [1.807, 2.05) is 12.4 Å². The Morgan fingerprint density at radius 1 is 1.00 bits per heavy atom. The molecule has 1 fully saturated rings. The van der Waals surface area contributed by atoms with Crippen LogP contribution in [0, 0.1) is 0 Å². The van der Waals surface area contributed by atoms with E-state index in [4.69, 9.17) is 0 Å². The largest absolute Gasteiger partial charge is 0.355 e. The van der Waals surface area contributed by atoms with E-state index in [1.54, 1.807) is 12.4 Å². The zero-order valence-corrected chi connectivity index (χ0v) is 11.2. The Kier molecular flexibility index (Phi) is 2.69. The van der Waals surface area contributed by atoms with E-state index >= 15 is 0 Å². The van der Waals surface area contributed by atoms with Crippen LogP contribution in [0.4, 0.5) is 5.82 Å². The summed E-state index contributed by atoms with van der Waals surface area (Å²) in [5.74, 6) is 0.974. The number of pyridine rings is 1. The summed E-state index contributed by atoms with van der Waals surface area (Å²) in [7, 11) is 0. The van der Waals surface area contributed by atoms with Gasteiger partial charge in [-0.2, -0.15) is 0 Å². The zero-order valence-electron chi connectivity index (χ0n) is 11.2. The smallest absolute Gasteiger partial charge is 0.155 e. The van der Waals surface area contributed by atoms with E-state index in [0.717, 1.165) is 41.4 Å². The lowest BCUT2D eigenvalue weighted by atomic mass is 10.1. The normalized spacial score (nSPS) is 16.7. The van der Waals surface area contributed by atoms with Crippen molar-refractivity contribution < 1.29 is 0 Å². The van der Waals surface area contributed by atoms with Gasteiger partial charge in [0.25, 0.3) is 0 Å². The molecule has 0 amide bonds. The van der Waals surface area contributed by atoms with Gasteiger partial charge in [-0.05, 0) is 18.9 Å². The van der Waals surface area contributed by atoms with Crippen LogP contribution in [0.2, 0.25) is 0 Å². The molecule has 1 saturated heterocycles. The van der Waals surface area contributed by atoms with Gasteiger partial charge in [-0.15, -0.1) is 0 Å². The van der Waals surface area contributed by atoms with Gasteiger partial charge in [0.15, 0.2) is 5.82 Å². The first-order valence-corrected chi connectivity index (χ1v) is 6.97. The van der Waals surface area contributed by atoms with Crippen molar-refractivity contribution in [3.63, 3.8) is 0 Å². The Balaban J connectivity index is 1.80. The lowest BCUT2D eigenvalue weighted by Crippen LogP contribution is -2.20. The van der Waals surface area contributed by atoms with Crippen LogP contribution in [-0.4, -0.2) is 34.3 Å². The molecule has 2 aromatic heterocycles. The lowest BCUT2D eigenvalue weighted by molar-refractivity contribution is 0.928. The number of fused-ring (bicyclic) bond motifs is 1. The third kappa shape index (κ3) is 1.86. The van der Waals surface area contributed by atoms with Crippen LogP contribution in [-0.2, 0) is 6.54 Å². The maximum Gasteiger partial charge on any atom is 0.155 e. The molecule has 20 heavy (non-hydrogen) atoms. The molecule has 0 atom stereocenters. The van der Waals surface area contributed by atoms with Crippen LogP contribution in [0.5, 0.6) is 0 Å². The van der Waals surface area contributed by atoms with E-state index in [9.17, 15) is 0 Å². The Labute approximate surface area is 117 Å². The minimum Gasteiger partial charge on any atom is -0.355 e. The molecule has 0 unspecified atom stereocenters. The number of rotatable bonds is 2. The monoisotopic (exact) mass is 265 g/mol. The number of hydrogen-bond donors (Lipinski definition) is 0. The Morgan fingerprint density at radius 2 is 1.85 bits per heavy atom. The third-order valence-electron chi connectivity index (χ3n) is 3.83. The molecule has 0 saturated carbocycles. The lowest BCUT2D eigenvalue weighted by Gasteiger charge is -2.19. The summed E-state index contributed by atoms with van der Waals surface area (Å²) in [6.07, 6.45) is 9.74. The molecule has 0 spiro atoms. The van der Waals surface area contributed by atoms with Crippen LogP contribution in [0.3, 0.4) is 0 Å². The standard InChI is InChI=1S/C15H15N5/c1-2-6-20(5-1)15-14(17-3-4-18-15)12-7-11-8-16-10-13(11)19-9-12/h3-4,7-9H,1-2,5-6,10H2. The number of hydrogen-bond acceptors (Lipinski definition) is 5. The molecule has 4 heterocycles. The molecule has 5 heteroatoms. The first kappa shape index (κ1) is 11.5. The third-order valence-corrected chi connectivity index (χ3v) is 3.83. The van der Waals surface area contributed by atoms with Gasteiger partial charge in [-0.1, -0.05) is 0 Å². The Bertz CT molecular complexity index is 674. The van der Waals surface area contributed by atoms with Gasteiger partial charge in [0.2, 0.25) is 0 Å². The molecule has 0 N–H and O–H groups in total.